The highest BCUT2D eigenvalue weighted by Crippen LogP contribution is 2.36. The molecule has 2 N–H and O–H groups in total. The Morgan fingerprint density at radius 1 is 1.05 bits per heavy atom. The van der Waals surface area contributed by atoms with Crippen LogP contribution in [0, 0.1) is 0 Å². The second kappa shape index (κ2) is 10.9. The number of halogens is 1. The minimum atomic E-state index is -3.61. The van der Waals surface area contributed by atoms with Gasteiger partial charge in [0.1, 0.15) is 11.6 Å². The molecule has 0 saturated carbocycles. The van der Waals surface area contributed by atoms with Gasteiger partial charge in [-0.3, -0.25) is 4.40 Å². The molecule has 0 aliphatic heterocycles. The Morgan fingerprint density at radius 3 is 2.76 bits per heavy atom. The Hall–Kier alpha value is -3.44. The zero-order valence-electron chi connectivity index (χ0n) is 19.9. The van der Waals surface area contributed by atoms with Crippen molar-refractivity contribution in [2.45, 2.75) is 11.3 Å². The van der Waals surface area contributed by atoms with Crippen molar-refractivity contribution in [2.75, 3.05) is 25.5 Å². The number of hydrogen-bond acceptors (Lipinski definition) is 7. The van der Waals surface area contributed by atoms with E-state index in [1.807, 2.05) is 48.0 Å². The molecular formula is C26H24ClN5O3S2. The summed E-state index contributed by atoms with van der Waals surface area (Å²) in [5.41, 5.74) is 3.74. The number of nitrogens with zero attached hydrogens (tertiary/aromatic N) is 3. The molecule has 3 heterocycles. The zero-order valence-corrected chi connectivity index (χ0v) is 22.3. The van der Waals surface area contributed by atoms with Gasteiger partial charge in [0.05, 0.1) is 23.4 Å². The molecule has 0 saturated heterocycles. The first-order chi connectivity index (χ1) is 17.9. The van der Waals surface area contributed by atoms with Gasteiger partial charge in [-0.25, -0.2) is 23.1 Å². The van der Waals surface area contributed by atoms with E-state index in [4.69, 9.17) is 21.3 Å². The molecule has 0 spiro atoms. The second-order valence-corrected chi connectivity index (χ2v) is 11.2. The number of nitrogens with one attached hydrogen (secondary N) is 2. The number of imidazole rings is 1. The van der Waals surface area contributed by atoms with Crippen LogP contribution in [0.2, 0.25) is 5.02 Å². The van der Waals surface area contributed by atoms with Crippen molar-refractivity contribution in [1.29, 1.82) is 0 Å². The number of methoxy groups -OCH3 is 1. The van der Waals surface area contributed by atoms with Crippen molar-refractivity contribution in [3.8, 4) is 28.3 Å². The standard InChI is InChI=1S/C26H24ClN5O3S2/c1-35-21-7-2-5-18(15-21)24-25(32-13-14-36-26(32)31-24)19-9-12-29-23(16-19)28-10-4-11-30-37(33,34)22-8-3-6-20(27)17-22/h2-3,5-9,12-17,30H,4,10-11H2,1H3,(H,28,29). The Balaban J connectivity index is 1.29. The molecule has 0 aliphatic carbocycles. The van der Waals surface area contributed by atoms with E-state index in [-0.39, 0.29) is 11.4 Å². The quantitative estimate of drug-likeness (QED) is 0.219. The van der Waals surface area contributed by atoms with Gasteiger partial charge in [0.15, 0.2) is 4.96 Å². The SMILES string of the molecule is COc1cccc(-c2nc3sccn3c2-c2ccnc(NCCCNS(=O)(=O)c3cccc(Cl)c3)c2)c1. The van der Waals surface area contributed by atoms with Gasteiger partial charge in [-0.15, -0.1) is 11.3 Å². The molecule has 0 atom stereocenters. The lowest BCUT2D eigenvalue weighted by molar-refractivity contribution is 0.415. The van der Waals surface area contributed by atoms with Gasteiger partial charge >= 0.3 is 0 Å². The average molecular weight is 554 g/mol. The van der Waals surface area contributed by atoms with Crippen LogP contribution in [-0.4, -0.2) is 43.0 Å². The highest BCUT2D eigenvalue weighted by Gasteiger charge is 2.18. The van der Waals surface area contributed by atoms with Crippen molar-refractivity contribution < 1.29 is 13.2 Å². The predicted octanol–water partition coefficient (Wildman–Crippen LogP) is 5.57. The minimum absolute atomic E-state index is 0.148. The number of hydrogen-bond donors (Lipinski definition) is 2. The number of thiazole rings is 1. The first kappa shape index (κ1) is 25.2. The van der Waals surface area contributed by atoms with Crippen molar-refractivity contribution in [2.24, 2.45) is 0 Å². The largest absolute Gasteiger partial charge is 0.497 e. The van der Waals surface area contributed by atoms with E-state index in [1.165, 1.54) is 12.1 Å². The monoisotopic (exact) mass is 553 g/mol. The fourth-order valence-corrected chi connectivity index (χ4v) is 6.03. The molecule has 190 valence electrons. The molecule has 2 aromatic carbocycles. The van der Waals surface area contributed by atoms with Crippen LogP contribution in [0.3, 0.4) is 0 Å². The van der Waals surface area contributed by atoms with E-state index in [0.717, 1.165) is 33.2 Å². The normalized spacial score (nSPS) is 11.6. The van der Waals surface area contributed by atoms with Gasteiger partial charge in [-0.2, -0.15) is 0 Å². The maximum absolute atomic E-state index is 12.4. The first-order valence-corrected chi connectivity index (χ1v) is 14.2. The van der Waals surface area contributed by atoms with Crippen LogP contribution < -0.4 is 14.8 Å². The summed E-state index contributed by atoms with van der Waals surface area (Å²) in [6, 6.07) is 18.0. The second-order valence-electron chi connectivity index (χ2n) is 8.16. The molecule has 0 unspecified atom stereocenters. The molecule has 8 nitrogen and oxygen atoms in total. The number of benzene rings is 2. The van der Waals surface area contributed by atoms with Crippen molar-refractivity contribution in [3.63, 3.8) is 0 Å². The van der Waals surface area contributed by atoms with Gasteiger partial charge < -0.3 is 10.1 Å². The molecule has 5 aromatic rings. The topological polar surface area (TPSA) is 97.6 Å². The molecular weight excluding hydrogens is 530 g/mol. The summed E-state index contributed by atoms with van der Waals surface area (Å²) in [5, 5.41) is 5.67. The van der Waals surface area contributed by atoms with Gasteiger partial charge in [0.25, 0.3) is 0 Å². The lowest BCUT2D eigenvalue weighted by Gasteiger charge is -2.10. The third-order valence-electron chi connectivity index (χ3n) is 5.70. The lowest BCUT2D eigenvalue weighted by Crippen LogP contribution is -2.26. The Labute approximate surface area is 224 Å². The molecule has 3 aromatic heterocycles. The zero-order chi connectivity index (χ0) is 25.8. The van der Waals surface area contributed by atoms with Crippen LogP contribution >= 0.6 is 22.9 Å². The first-order valence-electron chi connectivity index (χ1n) is 11.5. The number of aromatic nitrogens is 3. The van der Waals surface area contributed by atoms with E-state index in [2.05, 4.69) is 19.4 Å². The predicted molar refractivity (Wildman–Crippen MR) is 148 cm³/mol. The molecule has 11 heteroatoms. The summed E-state index contributed by atoms with van der Waals surface area (Å²) < 4.78 is 35.0. The Morgan fingerprint density at radius 2 is 1.92 bits per heavy atom. The number of pyridine rings is 1. The number of fused-ring (bicyclic) bond motifs is 1. The molecule has 37 heavy (non-hydrogen) atoms. The van der Waals surface area contributed by atoms with Crippen molar-refractivity contribution in [1.82, 2.24) is 19.1 Å². The molecule has 0 radical (unpaired) electrons. The Kier molecular flexibility index (Phi) is 7.43. The van der Waals surface area contributed by atoms with E-state index in [1.54, 1.807) is 36.8 Å². The summed E-state index contributed by atoms with van der Waals surface area (Å²) in [6.45, 7) is 0.817. The molecule has 0 fully saturated rings. The summed E-state index contributed by atoms with van der Waals surface area (Å²) in [4.78, 5) is 10.4. The fraction of sp³-hybridized carbons (Fsp3) is 0.154. The van der Waals surface area contributed by atoms with E-state index in [0.29, 0.717) is 23.8 Å². The van der Waals surface area contributed by atoms with E-state index >= 15 is 0 Å². The lowest BCUT2D eigenvalue weighted by atomic mass is 10.1. The maximum Gasteiger partial charge on any atom is 0.240 e. The molecule has 0 bridgehead atoms. The van der Waals surface area contributed by atoms with E-state index in [9.17, 15) is 8.42 Å². The van der Waals surface area contributed by atoms with Gasteiger partial charge in [0.2, 0.25) is 10.0 Å². The van der Waals surface area contributed by atoms with Crippen molar-refractivity contribution in [3.05, 3.63) is 83.5 Å². The smallest absolute Gasteiger partial charge is 0.240 e. The molecule has 0 amide bonds. The average Bonchev–Trinajstić information content (AvgIpc) is 3.50. The molecule has 5 rings (SSSR count). The van der Waals surface area contributed by atoms with Crippen molar-refractivity contribution >= 4 is 43.7 Å². The number of ether oxygens (including phenoxy) is 1. The van der Waals surface area contributed by atoms with E-state index < -0.39 is 10.0 Å². The summed E-state index contributed by atoms with van der Waals surface area (Å²) in [6.07, 6.45) is 4.33. The third-order valence-corrected chi connectivity index (χ3v) is 8.15. The minimum Gasteiger partial charge on any atom is -0.497 e. The molecule has 0 aliphatic rings. The number of rotatable bonds is 10. The maximum atomic E-state index is 12.4. The highest BCUT2D eigenvalue weighted by atomic mass is 35.5. The van der Waals surface area contributed by atoms with Gasteiger partial charge in [0, 0.05) is 47.0 Å². The number of sulfonamides is 1. The van der Waals surface area contributed by atoms with Crippen LogP contribution in [0.4, 0.5) is 5.82 Å². The Bertz CT molecular complexity index is 1650. The fourth-order valence-electron chi connectivity index (χ4n) is 3.94. The van der Waals surface area contributed by atoms with Gasteiger partial charge in [-0.1, -0.05) is 29.8 Å². The van der Waals surface area contributed by atoms with Crippen LogP contribution in [-0.2, 0) is 10.0 Å². The van der Waals surface area contributed by atoms with Gasteiger partial charge in [-0.05, 0) is 48.9 Å². The summed E-state index contributed by atoms with van der Waals surface area (Å²) in [5.74, 6) is 1.46. The highest BCUT2D eigenvalue weighted by molar-refractivity contribution is 7.89. The summed E-state index contributed by atoms with van der Waals surface area (Å²) >= 11 is 7.49. The number of anilines is 1. The third kappa shape index (κ3) is 5.62. The van der Waals surface area contributed by atoms with Crippen LogP contribution in [0.25, 0.3) is 27.5 Å². The van der Waals surface area contributed by atoms with Crippen LogP contribution in [0.1, 0.15) is 6.42 Å². The van der Waals surface area contributed by atoms with Crippen LogP contribution in [0.5, 0.6) is 5.75 Å². The van der Waals surface area contributed by atoms with Crippen LogP contribution in [0.15, 0.2) is 83.3 Å². The summed E-state index contributed by atoms with van der Waals surface area (Å²) in [7, 11) is -1.96.